The highest BCUT2D eigenvalue weighted by molar-refractivity contribution is 6.42. The SMILES string of the molecule is Cn1nc(C(F)F)c(C(O)NC2(c3ccc(C(=O)O)cc3)CC2)c1Oc1ccc(Cl)c(Cl)c1. The average Bonchev–Trinajstić information content (AvgIpc) is 3.47. The first-order valence-electron chi connectivity index (χ1n) is 9.89. The summed E-state index contributed by atoms with van der Waals surface area (Å²) < 4.78 is 34.4. The molecular formula is C22H19Cl2F2N3O4. The summed E-state index contributed by atoms with van der Waals surface area (Å²) >= 11 is 11.9. The fourth-order valence-corrected chi connectivity index (χ4v) is 3.93. The minimum absolute atomic E-state index is 0.0827. The van der Waals surface area contributed by atoms with Gasteiger partial charge in [-0.05, 0) is 42.7 Å². The van der Waals surface area contributed by atoms with Crippen molar-refractivity contribution in [3.63, 3.8) is 0 Å². The van der Waals surface area contributed by atoms with Crippen molar-refractivity contribution in [2.24, 2.45) is 7.05 Å². The second-order valence-electron chi connectivity index (χ2n) is 7.72. The average molecular weight is 498 g/mol. The van der Waals surface area contributed by atoms with Crippen molar-refractivity contribution in [3.05, 3.63) is 74.9 Å². The second kappa shape index (κ2) is 8.90. The molecule has 0 radical (unpaired) electrons. The first kappa shape index (κ1) is 23.4. The number of aliphatic hydroxyl groups is 1. The first-order chi connectivity index (χ1) is 15.6. The van der Waals surface area contributed by atoms with E-state index in [1.165, 1.54) is 37.4 Å². The zero-order valence-electron chi connectivity index (χ0n) is 17.2. The highest BCUT2D eigenvalue weighted by Gasteiger charge is 2.47. The maximum Gasteiger partial charge on any atom is 0.335 e. The molecule has 2 aromatic carbocycles. The van der Waals surface area contributed by atoms with Gasteiger partial charge in [-0.25, -0.2) is 18.3 Å². The Balaban J connectivity index is 1.65. The van der Waals surface area contributed by atoms with Crippen molar-refractivity contribution < 1.29 is 28.5 Å². The van der Waals surface area contributed by atoms with Crippen LogP contribution in [0, 0.1) is 0 Å². The van der Waals surface area contributed by atoms with Gasteiger partial charge in [0.2, 0.25) is 5.88 Å². The van der Waals surface area contributed by atoms with Crippen LogP contribution in [0.5, 0.6) is 11.6 Å². The van der Waals surface area contributed by atoms with E-state index in [1.54, 1.807) is 12.1 Å². The minimum atomic E-state index is -2.96. The Morgan fingerprint density at radius 1 is 1.18 bits per heavy atom. The number of ether oxygens (including phenoxy) is 1. The van der Waals surface area contributed by atoms with E-state index in [4.69, 9.17) is 33.0 Å². The van der Waals surface area contributed by atoms with Crippen LogP contribution in [0.1, 0.15) is 52.7 Å². The Labute approximate surface area is 197 Å². The summed E-state index contributed by atoms with van der Waals surface area (Å²) in [5.41, 5.74) is -0.649. The van der Waals surface area contributed by atoms with Gasteiger partial charge in [-0.2, -0.15) is 5.10 Å². The molecule has 33 heavy (non-hydrogen) atoms. The fourth-order valence-electron chi connectivity index (χ4n) is 3.64. The predicted molar refractivity (Wildman–Crippen MR) is 117 cm³/mol. The molecule has 3 aromatic rings. The Morgan fingerprint density at radius 3 is 2.39 bits per heavy atom. The van der Waals surface area contributed by atoms with Crippen LogP contribution in [0.3, 0.4) is 0 Å². The molecule has 1 unspecified atom stereocenters. The second-order valence-corrected chi connectivity index (χ2v) is 8.53. The molecule has 1 fully saturated rings. The predicted octanol–water partition coefficient (Wildman–Crippen LogP) is 5.42. The number of rotatable bonds is 8. The van der Waals surface area contributed by atoms with Gasteiger partial charge < -0.3 is 14.9 Å². The van der Waals surface area contributed by atoms with E-state index < -0.39 is 29.9 Å². The number of alkyl halides is 2. The number of hydrogen-bond acceptors (Lipinski definition) is 5. The van der Waals surface area contributed by atoms with E-state index >= 15 is 0 Å². The lowest BCUT2D eigenvalue weighted by Crippen LogP contribution is -2.33. The maximum absolute atomic E-state index is 13.8. The summed E-state index contributed by atoms with van der Waals surface area (Å²) in [5, 5.41) is 27.4. The number of nitrogens with zero attached hydrogens (tertiary/aromatic N) is 2. The highest BCUT2D eigenvalue weighted by atomic mass is 35.5. The smallest absolute Gasteiger partial charge is 0.335 e. The molecule has 0 aliphatic heterocycles. The van der Waals surface area contributed by atoms with Gasteiger partial charge in [0.05, 0.1) is 21.2 Å². The van der Waals surface area contributed by atoms with Crippen LogP contribution in [-0.4, -0.2) is 26.0 Å². The number of aromatic carboxylic acids is 1. The molecule has 11 heteroatoms. The van der Waals surface area contributed by atoms with Gasteiger partial charge in [-0.1, -0.05) is 35.3 Å². The van der Waals surface area contributed by atoms with Crippen LogP contribution in [0.4, 0.5) is 8.78 Å². The molecule has 7 nitrogen and oxygen atoms in total. The quantitative estimate of drug-likeness (QED) is 0.359. The standard InChI is InChI=1S/C22H19Cl2F2N3O4/c1-29-20(33-13-6-7-14(23)15(24)10-13)16(17(28-29)18(25)26)19(30)27-22(8-9-22)12-4-2-11(3-5-12)21(31)32/h2-7,10,18-19,27,30H,8-9H2,1H3,(H,31,32). The number of aromatic nitrogens is 2. The summed E-state index contributed by atoms with van der Waals surface area (Å²) in [7, 11) is 1.42. The maximum atomic E-state index is 13.8. The van der Waals surface area contributed by atoms with E-state index in [2.05, 4.69) is 10.4 Å². The van der Waals surface area contributed by atoms with Gasteiger partial charge in [0.25, 0.3) is 6.43 Å². The van der Waals surface area contributed by atoms with Crippen LogP contribution in [0.25, 0.3) is 0 Å². The number of carboxylic acids is 1. The molecule has 1 heterocycles. The third-order valence-electron chi connectivity index (χ3n) is 5.49. The molecule has 1 aromatic heterocycles. The van der Waals surface area contributed by atoms with Crippen molar-refractivity contribution in [3.8, 4) is 11.6 Å². The molecule has 3 N–H and O–H groups in total. The number of aliphatic hydroxyl groups excluding tert-OH is 1. The highest BCUT2D eigenvalue weighted by Crippen LogP contribution is 2.48. The van der Waals surface area contributed by atoms with Crippen molar-refractivity contribution in [2.45, 2.75) is 31.0 Å². The number of halogens is 4. The van der Waals surface area contributed by atoms with Gasteiger partial charge >= 0.3 is 5.97 Å². The number of aryl methyl sites for hydroxylation is 1. The van der Waals surface area contributed by atoms with E-state index in [0.29, 0.717) is 17.9 Å². The van der Waals surface area contributed by atoms with E-state index in [1.807, 2.05) is 0 Å². The molecule has 1 aliphatic carbocycles. The molecule has 0 bridgehead atoms. The van der Waals surface area contributed by atoms with Gasteiger partial charge in [0.15, 0.2) is 0 Å². The summed E-state index contributed by atoms with van der Waals surface area (Å²) in [6.07, 6.45) is -3.24. The fraction of sp³-hybridized carbons (Fsp3) is 0.273. The van der Waals surface area contributed by atoms with Gasteiger partial charge in [-0.3, -0.25) is 5.32 Å². The third kappa shape index (κ3) is 4.67. The number of carbonyl (C=O) groups is 1. The Kier molecular flexibility index (Phi) is 6.32. The Hall–Kier alpha value is -2.72. The van der Waals surface area contributed by atoms with Crippen molar-refractivity contribution >= 4 is 29.2 Å². The largest absolute Gasteiger partial charge is 0.478 e. The van der Waals surface area contributed by atoms with Gasteiger partial charge in [-0.15, -0.1) is 0 Å². The lowest BCUT2D eigenvalue weighted by Gasteiger charge is -2.23. The van der Waals surface area contributed by atoms with Crippen LogP contribution < -0.4 is 10.1 Å². The van der Waals surface area contributed by atoms with Crippen molar-refractivity contribution in [2.75, 3.05) is 0 Å². The van der Waals surface area contributed by atoms with Crippen LogP contribution in [0.2, 0.25) is 10.0 Å². The Morgan fingerprint density at radius 2 is 1.85 bits per heavy atom. The molecule has 0 saturated heterocycles. The number of benzene rings is 2. The number of carboxylic acid groups (broad SMARTS) is 1. The molecular weight excluding hydrogens is 479 g/mol. The molecule has 174 valence electrons. The Bertz CT molecular complexity index is 1200. The van der Waals surface area contributed by atoms with E-state index in [-0.39, 0.29) is 27.8 Å². The van der Waals surface area contributed by atoms with Crippen molar-refractivity contribution in [1.29, 1.82) is 0 Å². The molecule has 0 spiro atoms. The van der Waals surface area contributed by atoms with Crippen LogP contribution >= 0.6 is 23.2 Å². The topological polar surface area (TPSA) is 96.6 Å². The molecule has 0 amide bonds. The lowest BCUT2D eigenvalue weighted by atomic mass is 10.0. The molecule has 4 rings (SSSR count). The summed E-state index contributed by atoms with van der Waals surface area (Å²) in [4.78, 5) is 11.1. The van der Waals surface area contributed by atoms with Gasteiger partial charge in [0, 0.05) is 18.7 Å². The minimum Gasteiger partial charge on any atom is -0.478 e. The number of nitrogens with one attached hydrogen (secondary N) is 1. The normalized spacial score (nSPS) is 15.5. The van der Waals surface area contributed by atoms with E-state index in [0.717, 1.165) is 10.2 Å². The van der Waals surface area contributed by atoms with E-state index in [9.17, 15) is 18.7 Å². The lowest BCUT2D eigenvalue weighted by molar-refractivity contribution is 0.0696. The zero-order valence-corrected chi connectivity index (χ0v) is 18.7. The van der Waals surface area contributed by atoms with Gasteiger partial charge in [0.1, 0.15) is 17.7 Å². The van der Waals surface area contributed by atoms with Crippen LogP contribution in [0.15, 0.2) is 42.5 Å². The van der Waals surface area contributed by atoms with Crippen molar-refractivity contribution in [1.82, 2.24) is 15.1 Å². The first-order valence-corrected chi connectivity index (χ1v) is 10.6. The summed E-state index contributed by atoms with van der Waals surface area (Å²) in [6.45, 7) is 0. The number of hydrogen-bond donors (Lipinski definition) is 3. The monoisotopic (exact) mass is 497 g/mol. The molecule has 1 aliphatic rings. The van der Waals surface area contributed by atoms with Crippen LogP contribution in [-0.2, 0) is 12.6 Å². The third-order valence-corrected chi connectivity index (χ3v) is 6.23. The summed E-state index contributed by atoms with van der Waals surface area (Å²) in [6, 6.07) is 10.6. The zero-order chi connectivity index (χ0) is 23.9. The molecule has 1 atom stereocenters. The summed E-state index contributed by atoms with van der Waals surface area (Å²) in [5.74, 6) is -0.909. The molecule has 1 saturated carbocycles.